The Kier molecular flexibility index (Phi) is 3.66. The molecule has 3 nitrogen and oxygen atoms in total. The summed E-state index contributed by atoms with van der Waals surface area (Å²) in [5.74, 6) is 0.625. The molecule has 1 rings (SSSR count). The lowest BCUT2D eigenvalue weighted by Crippen LogP contribution is -2.26. The molecule has 0 unspecified atom stereocenters. The number of halogens is 1. The average molecular weight is 258 g/mol. The normalized spacial score (nSPS) is 12.3. The number of methoxy groups -OCH3 is 1. The van der Waals surface area contributed by atoms with Crippen LogP contribution in [-0.4, -0.2) is 18.9 Å². The molecular weight excluding hydrogens is 246 g/mol. The van der Waals surface area contributed by atoms with Gasteiger partial charge in [0.15, 0.2) is 5.78 Å². The fraction of sp³-hybridized carbons (Fsp3) is 0.300. The third kappa shape index (κ3) is 2.33. The number of hydrogen-bond acceptors (Lipinski definition) is 3. The Labute approximate surface area is 91.4 Å². The molecule has 14 heavy (non-hydrogen) atoms. The molecule has 1 atom stereocenters. The van der Waals surface area contributed by atoms with Crippen molar-refractivity contribution in [3.05, 3.63) is 28.2 Å². The molecule has 0 radical (unpaired) electrons. The highest BCUT2D eigenvalue weighted by Gasteiger charge is 2.12. The van der Waals surface area contributed by atoms with Crippen molar-refractivity contribution >= 4 is 21.7 Å². The minimum Gasteiger partial charge on any atom is -0.496 e. The Hall–Kier alpha value is -0.870. The van der Waals surface area contributed by atoms with Gasteiger partial charge in [-0.1, -0.05) is 0 Å². The van der Waals surface area contributed by atoms with E-state index in [2.05, 4.69) is 15.9 Å². The van der Waals surface area contributed by atoms with Crippen molar-refractivity contribution in [2.45, 2.75) is 13.0 Å². The van der Waals surface area contributed by atoms with E-state index in [1.165, 1.54) is 0 Å². The second-order valence-electron chi connectivity index (χ2n) is 3.00. The van der Waals surface area contributed by atoms with Crippen LogP contribution in [0.5, 0.6) is 5.75 Å². The van der Waals surface area contributed by atoms with Crippen molar-refractivity contribution in [3.8, 4) is 5.75 Å². The quantitative estimate of drug-likeness (QED) is 0.843. The summed E-state index contributed by atoms with van der Waals surface area (Å²) in [4.78, 5) is 11.5. The van der Waals surface area contributed by atoms with Gasteiger partial charge in [0.1, 0.15) is 5.75 Å². The van der Waals surface area contributed by atoms with Crippen LogP contribution in [0.25, 0.3) is 0 Å². The van der Waals surface area contributed by atoms with Gasteiger partial charge in [0, 0.05) is 5.56 Å². The number of benzene rings is 1. The molecule has 2 N–H and O–H groups in total. The van der Waals surface area contributed by atoms with Crippen molar-refractivity contribution in [2.24, 2.45) is 5.73 Å². The highest BCUT2D eigenvalue weighted by atomic mass is 79.9. The van der Waals surface area contributed by atoms with E-state index in [4.69, 9.17) is 10.5 Å². The number of ketones is 1. The number of Topliss-reactive ketones (excluding diaryl/α,β-unsaturated/α-hetero) is 1. The van der Waals surface area contributed by atoms with Crippen LogP contribution in [0.2, 0.25) is 0 Å². The van der Waals surface area contributed by atoms with Gasteiger partial charge in [-0.05, 0) is 41.1 Å². The van der Waals surface area contributed by atoms with Gasteiger partial charge in [-0.3, -0.25) is 4.79 Å². The summed E-state index contributed by atoms with van der Waals surface area (Å²) in [5, 5.41) is 0. The summed E-state index contributed by atoms with van der Waals surface area (Å²) in [6.07, 6.45) is 0. The van der Waals surface area contributed by atoms with Crippen LogP contribution in [-0.2, 0) is 0 Å². The van der Waals surface area contributed by atoms with Gasteiger partial charge < -0.3 is 10.5 Å². The summed E-state index contributed by atoms with van der Waals surface area (Å²) in [7, 11) is 1.58. The Morgan fingerprint density at radius 3 is 2.64 bits per heavy atom. The molecule has 0 saturated carbocycles. The van der Waals surface area contributed by atoms with Crippen LogP contribution in [0.4, 0.5) is 0 Å². The largest absolute Gasteiger partial charge is 0.496 e. The van der Waals surface area contributed by atoms with Crippen molar-refractivity contribution in [3.63, 3.8) is 0 Å². The van der Waals surface area contributed by atoms with Crippen molar-refractivity contribution in [1.82, 2.24) is 0 Å². The van der Waals surface area contributed by atoms with Gasteiger partial charge in [0.05, 0.1) is 17.6 Å². The SMILES string of the molecule is COc1ccc(C(=O)[C@H](C)N)cc1Br. The van der Waals surface area contributed by atoms with E-state index < -0.39 is 6.04 Å². The van der Waals surface area contributed by atoms with Gasteiger partial charge in [0.25, 0.3) is 0 Å². The average Bonchev–Trinajstić information content (AvgIpc) is 2.16. The number of carbonyl (C=O) groups is 1. The summed E-state index contributed by atoms with van der Waals surface area (Å²) < 4.78 is 5.81. The first-order valence-electron chi connectivity index (χ1n) is 4.19. The van der Waals surface area contributed by atoms with E-state index in [-0.39, 0.29) is 5.78 Å². The molecule has 0 fully saturated rings. The maximum absolute atomic E-state index is 11.5. The molecule has 1 aromatic carbocycles. The summed E-state index contributed by atoms with van der Waals surface area (Å²) in [5.41, 5.74) is 6.08. The van der Waals surface area contributed by atoms with Crippen molar-refractivity contribution in [2.75, 3.05) is 7.11 Å². The second kappa shape index (κ2) is 4.57. The van der Waals surface area contributed by atoms with E-state index in [0.29, 0.717) is 11.3 Å². The molecule has 0 amide bonds. The Morgan fingerprint density at radius 2 is 2.21 bits per heavy atom. The highest BCUT2D eigenvalue weighted by molar-refractivity contribution is 9.10. The summed E-state index contributed by atoms with van der Waals surface area (Å²) in [6, 6.07) is 4.68. The minimum absolute atomic E-state index is 0.0756. The highest BCUT2D eigenvalue weighted by Crippen LogP contribution is 2.25. The molecule has 0 saturated heterocycles. The Balaban J connectivity index is 3.03. The predicted octanol–water partition coefficient (Wildman–Crippen LogP) is 1.99. The van der Waals surface area contributed by atoms with Gasteiger partial charge in [0.2, 0.25) is 0 Å². The second-order valence-corrected chi connectivity index (χ2v) is 3.86. The van der Waals surface area contributed by atoms with Crippen LogP contribution >= 0.6 is 15.9 Å². The molecule has 1 aromatic rings. The summed E-state index contributed by atoms with van der Waals surface area (Å²) in [6.45, 7) is 1.67. The fourth-order valence-corrected chi connectivity index (χ4v) is 1.62. The third-order valence-corrected chi connectivity index (χ3v) is 2.47. The molecule has 76 valence electrons. The Bertz CT molecular complexity index is 350. The van der Waals surface area contributed by atoms with E-state index in [0.717, 1.165) is 4.47 Å². The maximum Gasteiger partial charge on any atom is 0.179 e. The monoisotopic (exact) mass is 257 g/mol. The van der Waals surface area contributed by atoms with Crippen LogP contribution < -0.4 is 10.5 Å². The lowest BCUT2D eigenvalue weighted by Gasteiger charge is -2.07. The number of ether oxygens (including phenoxy) is 1. The number of nitrogens with two attached hydrogens (primary N) is 1. The zero-order valence-electron chi connectivity index (χ0n) is 8.08. The van der Waals surface area contributed by atoms with Gasteiger partial charge in [-0.2, -0.15) is 0 Å². The standard InChI is InChI=1S/C10H12BrNO2/c1-6(12)10(13)7-3-4-9(14-2)8(11)5-7/h3-6H,12H2,1-2H3/t6-/m0/s1. The van der Waals surface area contributed by atoms with Crippen LogP contribution in [0.15, 0.2) is 22.7 Å². The smallest absolute Gasteiger partial charge is 0.179 e. The van der Waals surface area contributed by atoms with Crippen LogP contribution in [0, 0.1) is 0 Å². The van der Waals surface area contributed by atoms with E-state index in [1.54, 1.807) is 32.2 Å². The summed E-state index contributed by atoms with van der Waals surface area (Å²) >= 11 is 3.31. The molecule has 4 heteroatoms. The number of rotatable bonds is 3. The molecule has 0 aliphatic rings. The molecule has 0 spiro atoms. The molecule has 0 aliphatic heterocycles. The molecule has 0 heterocycles. The molecular formula is C10H12BrNO2. The van der Waals surface area contributed by atoms with Gasteiger partial charge in [-0.15, -0.1) is 0 Å². The van der Waals surface area contributed by atoms with Crippen LogP contribution in [0.3, 0.4) is 0 Å². The van der Waals surface area contributed by atoms with Crippen molar-refractivity contribution in [1.29, 1.82) is 0 Å². The third-order valence-electron chi connectivity index (χ3n) is 1.85. The zero-order chi connectivity index (χ0) is 10.7. The zero-order valence-corrected chi connectivity index (χ0v) is 9.67. The lowest BCUT2D eigenvalue weighted by molar-refractivity contribution is 0.0968. The topological polar surface area (TPSA) is 52.3 Å². The number of hydrogen-bond donors (Lipinski definition) is 1. The van der Waals surface area contributed by atoms with E-state index >= 15 is 0 Å². The van der Waals surface area contributed by atoms with E-state index in [9.17, 15) is 4.79 Å². The lowest BCUT2D eigenvalue weighted by atomic mass is 10.1. The van der Waals surface area contributed by atoms with Crippen LogP contribution in [0.1, 0.15) is 17.3 Å². The minimum atomic E-state index is -0.477. The molecule has 0 aliphatic carbocycles. The Morgan fingerprint density at radius 1 is 1.57 bits per heavy atom. The molecule has 0 bridgehead atoms. The van der Waals surface area contributed by atoms with Gasteiger partial charge in [-0.25, -0.2) is 0 Å². The fourth-order valence-electron chi connectivity index (χ4n) is 1.08. The first kappa shape index (κ1) is 11.2. The first-order chi connectivity index (χ1) is 6.56. The van der Waals surface area contributed by atoms with E-state index in [1.807, 2.05) is 0 Å². The molecule has 0 aromatic heterocycles. The first-order valence-corrected chi connectivity index (χ1v) is 4.99. The van der Waals surface area contributed by atoms with Gasteiger partial charge >= 0.3 is 0 Å². The van der Waals surface area contributed by atoms with Crippen molar-refractivity contribution < 1.29 is 9.53 Å². The predicted molar refractivity (Wildman–Crippen MR) is 58.7 cm³/mol. The maximum atomic E-state index is 11.5. The number of carbonyl (C=O) groups excluding carboxylic acids is 1.